The summed E-state index contributed by atoms with van der Waals surface area (Å²) in [6, 6.07) is 12.1. The van der Waals surface area contributed by atoms with Crippen molar-refractivity contribution in [2.75, 3.05) is 42.8 Å². The SMILES string of the molecule is C[C@H](Nc1ccc(N2CCOCC2)cn1)c1ccc([S@@](C)=O)cc1. The molecule has 128 valence electrons. The lowest BCUT2D eigenvalue weighted by atomic mass is 10.1. The number of nitrogens with one attached hydrogen (secondary N) is 1. The molecule has 1 saturated heterocycles. The van der Waals surface area contributed by atoms with Crippen LogP contribution in [-0.4, -0.2) is 41.8 Å². The van der Waals surface area contributed by atoms with Crippen LogP contribution in [0.2, 0.25) is 0 Å². The average Bonchev–Trinajstić information content (AvgIpc) is 2.63. The number of benzene rings is 1. The maximum atomic E-state index is 11.5. The van der Waals surface area contributed by atoms with Crippen LogP contribution in [0, 0.1) is 0 Å². The van der Waals surface area contributed by atoms with Crippen molar-refractivity contribution in [3.63, 3.8) is 0 Å². The molecule has 2 heterocycles. The predicted octanol–water partition coefficient (Wildman–Crippen LogP) is 2.83. The van der Waals surface area contributed by atoms with Gasteiger partial charge in [0, 0.05) is 41.1 Å². The third-order valence-corrected chi connectivity index (χ3v) is 5.14. The van der Waals surface area contributed by atoms with E-state index in [2.05, 4.69) is 28.2 Å². The van der Waals surface area contributed by atoms with Crippen LogP contribution in [0.25, 0.3) is 0 Å². The number of aromatic nitrogens is 1. The summed E-state index contributed by atoms with van der Waals surface area (Å²) < 4.78 is 16.8. The zero-order valence-electron chi connectivity index (χ0n) is 14.1. The molecule has 1 aromatic carbocycles. The van der Waals surface area contributed by atoms with Crippen LogP contribution in [0.4, 0.5) is 11.5 Å². The first-order valence-corrected chi connectivity index (χ1v) is 9.68. The van der Waals surface area contributed by atoms with Gasteiger partial charge in [0.2, 0.25) is 0 Å². The second kappa shape index (κ2) is 7.77. The molecule has 3 rings (SSSR count). The first-order valence-electron chi connectivity index (χ1n) is 8.12. The Labute approximate surface area is 145 Å². The van der Waals surface area contributed by atoms with Gasteiger partial charge in [-0.15, -0.1) is 0 Å². The topological polar surface area (TPSA) is 54.5 Å². The van der Waals surface area contributed by atoms with Crippen LogP contribution in [-0.2, 0) is 15.5 Å². The Balaban J connectivity index is 1.63. The molecule has 0 bridgehead atoms. The number of ether oxygens (including phenoxy) is 1. The van der Waals surface area contributed by atoms with E-state index < -0.39 is 10.8 Å². The molecule has 0 radical (unpaired) electrons. The summed E-state index contributed by atoms with van der Waals surface area (Å²) in [5.41, 5.74) is 2.27. The molecular formula is C18H23N3O2S. The summed E-state index contributed by atoms with van der Waals surface area (Å²) in [6.07, 6.45) is 3.60. The van der Waals surface area contributed by atoms with E-state index in [-0.39, 0.29) is 6.04 Å². The van der Waals surface area contributed by atoms with Gasteiger partial charge in [0.15, 0.2) is 0 Å². The van der Waals surface area contributed by atoms with E-state index in [0.29, 0.717) is 0 Å². The lowest BCUT2D eigenvalue weighted by molar-refractivity contribution is 0.122. The molecule has 0 unspecified atom stereocenters. The monoisotopic (exact) mass is 345 g/mol. The minimum absolute atomic E-state index is 0.131. The van der Waals surface area contributed by atoms with Crippen LogP contribution in [0.3, 0.4) is 0 Å². The summed E-state index contributed by atoms with van der Waals surface area (Å²) in [5, 5.41) is 3.41. The lowest BCUT2D eigenvalue weighted by Crippen LogP contribution is -2.36. The number of anilines is 2. The maximum Gasteiger partial charge on any atom is 0.126 e. The molecule has 2 aromatic rings. The number of hydrogen-bond donors (Lipinski definition) is 1. The fourth-order valence-electron chi connectivity index (χ4n) is 2.73. The first kappa shape index (κ1) is 16.9. The van der Waals surface area contributed by atoms with E-state index in [0.717, 1.165) is 48.3 Å². The van der Waals surface area contributed by atoms with Gasteiger partial charge in [-0.2, -0.15) is 0 Å². The van der Waals surface area contributed by atoms with Gasteiger partial charge in [0.1, 0.15) is 5.82 Å². The highest BCUT2D eigenvalue weighted by molar-refractivity contribution is 7.84. The van der Waals surface area contributed by atoms with Crippen LogP contribution in [0.15, 0.2) is 47.5 Å². The Hall–Kier alpha value is -1.92. The van der Waals surface area contributed by atoms with Gasteiger partial charge in [-0.1, -0.05) is 12.1 Å². The zero-order valence-corrected chi connectivity index (χ0v) is 14.9. The second-order valence-electron chi connectivity index (χ2n) is 5.89. The zero-order chi connectivity index (χ0) is 16.9. The molecule has 0 amide bonds. The molecule has 1 fully saturated rings. The molecule has 0 spiro atoms. The molecule has 0 aliphatic carbocycles. The number of rotatable bonds is 5. The number of morpholine rings is 1. The van der Waals surface area contributed by atoms with Crippen molar-refractivity contribution in [1.29, 1.82) is 0 Å². The second-order valence-corrected chi connectivity index (χ2v) is 7.27. The molecule has 24 heavy (non-hydrogen) atoms. The molecule has 1 aromatic heterocycles. The van der Waals surface area contributed by atoms with Crippen molar-refractivity contribution in [2.45, 2.75) is 17.9 Å². The van der Waals surface area contributed by atoms with Crippen molar-refractivity contribution in [3.05, 3.63) is 48.2 Å². The van der Waals surface area contributed by atoms with E-state index in [4.69, 9.17) is 4.74 Å². The Morgan fingerprint density at radius 1 is 1.17 bits per heavy atom. The van der Waals surface area contributed by atoms with Gasteiger partial charge in [-0.05, 0) is 36.8 Å². The highest BCUT2D eigenvalue weighted by Crippen LogP contribution is 2.21. The minimum atomic E-state index is -0.940. The largest absolute Gasteiger partial charge is 0.378 e. The van der Waals surface area contributed by atoms with Crippen molar-refractivity contribution in [1.82, 2.24) is 4.98 Å². The quantitative estimate of drug-likeness (QED) is 0.903. The Morgan fingerprint density at radius 2 is 1.88 bits per heavy atom. The van der Waals surface area contributed by atoms with Gasteiger partial charge >= 0.3 is 0 Å². The van der Waals surface area contributed by atoms with E-state index in [1.54, 1.807) is 6.26 Å². The number of nitrogens with zero attached hydrogens (tertiary/aromatic N) is 2. The standard InChI is InChI=1S/C18H23N3O2S/c1-14(15-3-6-17(7-4-15)24(2)22)20-18-8-5-16(13-19-18)21-9-11-23-12-10-21/h3-8,13-14H,9-12H2,1-2H3,(H,19,20)/t14-,24+/m0/s1. The van der Waals surface area contributed by atoms with Crippen LogP contribution in [0.5, 0.6) is 0 Å². The molecule has 2 atom stereocenters. The van der Waals surface area contributed by atoms with E-state index in [9.17, 15) is 4.21 Å². The van der Waals surface area contributed by atoms with Gasteiger partial charge in [0.25, 0.3) is 0 Å². The molecule has 1 N–H and O–H groups in total. The van der Waals surface area contributed by atoms with E-state index >= 15 is 0 Å². The van der Waals surface area contributed by atoms with Gasteiger partial charge in [-0.3, -0.25) is 4.21 Å². The van der Waals surface area contributed by atoms with Gasteiger partial charge < -0.3 is 15.0 Å². The normalized spacial score (nSPS) is 17.3. The van der Waals surface area contributed by atoms with Crippen molar-refractivity contribution in [3.8, 4) is 0 Å². The summed E-state index contributed by atoms with van der Waals surface area (Å²) in [6.45, 7) is 5.46. The fourth-order valence-corrected chi connectivity index (χ4v) is 3.25. The number of hydrogen-bond acceptors (Lipinski definition) is 5. The smallest absolute Gasteiger partial charge is 0.126 e. The van der Waals surface area contributed by atoms with E-state index in [1.165, 1.54) is 0 Å². The van der Waals surface area contributed by atoms with Gasteiger partial charge in [0.05, 0.1) is 25.1 Å². The summed E-state index contributed by atoms with van der Waals surface area (Å²) in [5.74, 6) is 0.850. The molecular weight excluding hydrogens is 322 g/mol. The maximum absolute atomic E-state index is 11.5. The summed E-state index contributed by atoms with van der Waals surface area (Å²) >= 11 is 0. The van der Waals surface area contributed by atoms with Crippen LogP contribution >= 0.6 is 0 Å². The molecule has 6 heteroatoms. The lowest BCUT2D eigenvalue weighted by Gasteiger charge is -2.28. The van der Waals surface area contributed by atoms with Gasteiger partial charge in [-0.25, -0.2) is 4.98 Å². The average molecular weight is 345 g/mol. The summed E-state index contributed by atoms with van der Waals surface area (Å²) in [7, 11) is -0.940. The third kappa shape index (κ3) is 4.13. The number of pyridine rings is 1. The Kier molecular flexibility index (Phi) is 5.48. The Morgan fingerprint density at radius 3 is 2.46 bits per heavy atom. The van der Waals surface area contributed by atoms with Crippen molar-refractivity contribution < 1.29 is 8.95 Å². The Bertz CT molecular complexity index is 682. The first-order chi connectivity index (χ1) is 11.6. The van der Waals surface area contributed by atoms with Crippen molar-refractivity contribution in [2.24, 2.45) is 0 Å². The fraction of sp³-hybridized carbons (Fsp3) is 0.389. The van der Waals surface area contributed by atoms with Crippen LogP contribution in [0.1, 0.15) is 18.5 Å². The summed E-state index contributed by atoms with van der Waals surface area (Å²) in [4.78, 5) is 7.65. The van der Waals surface area contributed by atoms with E-state index in [1.807, 2.05) is 36.5 Å². The van der Waals surface area contributed by atoms with Crippen LogP contribution < -0.4 is 10.2 Å². The minimum Gasteiger partial charge on any atom is -0.378 e. The van der Waals surface area contributed by atoms with Crippen molar-refractivity contribution >= 4 is 22.3 Å². The third-order valence-electron chi connectivity index (χ3n) is 4.20. The highest BCUT2D eigenvalue weighted by Gasteiger charge is 2.12. The molecule has 1 aliphatic rings. The highest BCUT2D eigenvalue weighted by atomic mass is 32.2. The molecule has 1 aliphatic heterocycles. The molecule has 0 saturated carbocycles. The predicted molar refractivity (Wildman–Crippen MR) is 98.1 cm³/mol. The molecule has 5 nitrogen and oxygen atoms in total.